The molecule has 0 bridgehead atoms. The number of carbonyl (C=O) groups excluding carboxylic acids is 2. The summed E-state index contributed by atoms with van der Waals surface area (Å²) in [6.07, 6.45) is 4.80. The van der Waals surface area contributed by atoms with Crippen molar-refractivity contribution in [2.45, 2.75) is 32.1 Å². The molecule has 0 atom stereocenters. The summed E-state index contributed by atoms with van der Waals surface area (Å²) in [5.41, 5.74) is 9.62. The van der Waals surface area contributed by atoms with Gasteiger partial charge in [-0.2, -0.15) is 5.10 Å². The predicted octanol–water partition coefficient (Wildman–Crippen LogP) is 3.97. The number of anilines is 1. The lowest BCUT2D eigenvalue weighted by atomic mass is 10.0. The van der Waals surface area contributed by atoms with E-state index in [2.05, 4.69) is 21.0 Å². The second kappa shape index (κ2) is 6.99. The van der Waals surface area contributed by atoms with Crippen molar-refractivity contribution in [1.29, 1.82) is 0 Å². The molecule has 1 saturated carbocycles. The minimum atomic E-state index is -0.516. The Hall–Kier alpha value is -2.67. The summed E-state index contributed by atoms with van der Waals surface area (Å²) in [7, 11) is 0. The molecule has 0 spiro atoms. The summed E-state index contributed by atoms with van der Waals surface area (Å²) in [6.45, 7) is 0.734. The summed E-state index contributed by atoms with van der Waals surface area (Å²) in [4.78, 5) is 26.7. The van der Waals surface area contributed by atoms with Gasteiger partial charge in [0.15, 0.2) is 0 Å². The van der Waals surface area contributed by atoms with Crippen LogP contribution in [0, 0.1) is 5.92 Å². The summed E-state index contributed by atoms with van der Waals surface area (Å²) in [5, 5.41) is 5.43. The highest BCUT2D eigenvalue weighted by Crippen LogP contribution is 2.39. The molecule has 2 N–H and O–H groups in total. The minimum absolute atomic E-state index is 0.156. The quantitative estimate of drug-likeness (QED) is 0.635. The van der Waals surface area contributed by atoms with Crippen LogP contribution in [-0.2, 0) is 11.2 Å². The standard InChI is InChI=1S/C22H21BrN4O2/c23-15-5-7-16(8-6-15)27-21(22(24)29)17-11-14(10-13-3-4-13)19(12-18(17)25-27)26-9-1-2-20(26)28/h5-8,11-13H,1-4,9-10H2,(H2,24,29). The van der Waals surface area contributed by atoms with Crippen molar-refractivity contribution in [3.8, 4) is 5.69 Å². The smallest absolute Gasteiger partial charge is 0.268 e. The molecule has 2 aliphatic rings. The molecular formula is C22H21BrN4O2. The Bertz CT molecular complexity index is 1130. The van der Waals surface area contributed by atoms with Crippen molar-refractivity contribution in [3.63, 3.8) is 0 Å². The van der Waals surface area contributed by atoms with Gasteiger partial charge >= 0.3 is 0 Å². The molecule has 1 aromatic heterocycles. The average Bonchev–Trinajstić information content (AvgIpc) is 3.27. The first-order valence-corrected chi connectivity index (χ1v) is 10.7. The van der Waals surface area contributed by atoms with Crippen molar-refractivity contribution in [2.75, 3.05) is 11.4 Å². The van der Waals surface area contributed by atoms with E-state index in [1.54, 1.807) is 4.68 Å². The third kappa shape index (κ3) is 3.33. The van der Waals surface area contributed by atoms with Gasteiger partial charge in [0.2, 0.25) is 5.91 Å². The van der Waals surface area contributed by atoms with Crippen LogP contribution in [0.4, 0.5) is 5.69 Å². The lowest BCUT2D eigenvalue weighted by Gasteiger charge is -2.20. The highest BCUT2D eigenvalue weighted by Gasteiger charge is 2.29. The highest BCUT2D eigenvalue weighted by molar-refractivity contribution is 9.10. The van der Waals surface area contributed by atoms with Gasteiger partial charge in [-0.15, -0.1) is 0 Å². The van der Waals surface area contributed by atoms with Crippen LogP contribution in [0.15, 0.2) is 40.9 Å². The zero-order chi connectivity index (χ0) is 20.1. The van der Waals surface area contributed by atoms with Crippen LogP contribution in [0.2, 0.25) is 0 Å². The van der Waals surface area contributed by atoms with Gasteiger partial charge in [0, 0.05) is 28.5 Å². The van der Waals surface area contributed by atoms with Crippen LogP contribution in [0.3, 0.4) is 0 Å². The molecule has 0 radical (unpaired) electrons. The molecule has 148 valence electrons. The molecule has 0 unspecified atom stereocenters. The maximum Gasteiger partial charge on any atom is 0.268 e. The summed E-state index contributed by atoms with van der Waals surface area (Å²) >= 11 is 3.43. The van der Waals surface area contributed by atoms with Gasteiger partial charge in [0.1, 0.15) is 5.69 Å². The molecule has 1 aliphatic carbocycles. The summed E-state index contributed by atoms with van der Waals surface area (Å²) < 4.78 is 2.55. The number of benzene rings is 2. The number of primary amides is 1. The number of aromatic nitrogens is 2. The van der Waals surface area contributed by atoms with Gasteiger partial charge in [-0.1, -0.05) is 15.9 Å². The zero-order valence-electron chi connectivity index (χ0n) is 15.9. The first-order chi connectivity index (χ1) is 14.0. The Morgan fingerprint density at radius 3 is 2.59 bits per heavy atom. The first-order valence-electron chi connectivity index (χ1n) is 9.93. The second-order valence-electron chi connectivity index (χ2n) is 7.90. The third-order valence-corrected chi connectivity index (χ3v) is 6.27. The largest absolute Gasteiger partial charge is 0.364 e. The fourth-order valence-corrected chi connectivity index (χ4v) is 4.39. The average molecular weight is 453 g/mol. The molecule has 2 amide bonds. The van der Waals surface area contributed by atoms with Gasteiger partial charge in [0.05, 0.1) is 11.2 Å². The Morgan fingerprint density at radius 2 is 1.97 bits per heavy atom. The summed E-state index contributed by atoms with van der Waals surface area (Å²) in [5.74, 6) is 0.295. The number of fused-ring (bicyclic) bond motifs is 1. The van der Waals surface area contributed by atoms with Crippen LogP contribution in [0.1, 0.15) is 41.7 Å². The number of nitrogens with zero attached hydrogens (tertiary/aromatic N) is 3. The van der Waals surface area contributed by atoms with Crippen molar-refractivity contribution in [1.82, 2.24) is 9.78 Å². The number of carbonyl (C=O) groups is 2. The molecule has 1 saturated heterocycles. The Kier molecular flexibility index (Phi) is 4.42. The van der Waals surface area contributed by atoms with Gasteiger partial charge in [-0.25, -0.2) is 4.68 Å². The van der Waals surface area contributed by atoms with Gasteiger partial charge in [-0.05, 0) is 73.6 Å². The molecule has 29 heavy (non-hydrogen) atoms. The van der Waals surface area contributed by atoms with Crippen molar-refractivity contribution >= 4 is 44.3 Å². The van der Waals surface area contributed by atoms with Crippen LogP contribution >= 0.6 is 15.9 Å². The number of halogens is 1. The lowest BCUT2D eigenvalue weighted by molar-refractivity contribution is -0.117. The SMILES string of the molecule is NC(=O)c1c2cc(CC3CC3)c(N3CCCC3=O)cc2nn1-c1ccc(Br)cc1. The van der Waals surface area contributed by atoms with Crippen LogP contribution < -0.4 is 10.6 Å². The molecule has 2 aromatic carbocycles. The lowest BCUT2D eigenvalue weighted by Crippen LogP contribution is -2.25. The van der Waals surface area contributed by atoms with Gasteiger partial charge < -0.3 is 10.6 Å². The van der Waals surface area contributed by atoms with Gasteiger partial charge in [0.25, 0.3) is 5.91 Å². The van der Waals surface area contributed by atoms with E-state index in [9.17, 15) is 9.59 Å². The zero-order valence-corrected chi connectivity index (χ0v) is 17.5. The predicted molar refractivity (Wildman–Crippen MR) is 115 cm³/mol. The van der Waals surface area contributed by atoms with E-state index in [0.717, 1.165) is 46.2 Å². The number of amides is 2. The van der Waals surface area contributed by atoms with Crippen LogP contribution in [-0.4, -0.2) is 28.1 Å². The Balaban J connectivity index is 1.71. The maximum atomic E-state index is 12.4. The van der Waals surface area contributed by atoms with E-state index in [0.29, 0.717) is 23.5 Å². The normalized spacial score (nSPS) is 16.7. The molecule has 7 heteroatoms. The first kappa shape index (κ1) is 18.4. The monoisotopic (exact) mass is 452 g/mol. The van der Waals surface area contributed by atoms with E-state index >= 15 is 0 Å². The molecule has 5 rings (SSSR count). The summed E-state index contributed by atoms with van der Waals surface area (Å²) in [6, 6.07) is 11.6. The molecule has 2 fully saturated rings. The third-order valence-electron chi connectivity index (χ3n) is 5.75. The second-order valence-corrected chi connectivity index (χ2v) is 8.81. The maximum absolute atomic E-state index is 12.4. The van der Waals surface area contributed by atoms with Crippen molar-refractivity contribution in [3.05, 3.63) is 52.1 Å². The van der Waals surface area contributed by atoms with Gasteiger partial charge in [-0.3, -0.25) is 9.59 Å². The van der Waals surface area contributed by atoms with Crippen molar-refractivity contribution < 1.29 is 9.59 Å². The molecule has 1 aliphatic heterocycles. The number of rotatable bonds is 5. The minimum Gasteiger partial charge on any atom is -0.364 e. The van der Waals surface area contributed by atoms with Crippen molar-refractivity contribution in [2.24, 2.45) is 11.7 Å². The van der Waals surface area contributed by atoms with E-state index in [1.165, 1.54) is 12.8 Å². The van der Waals surface area contributed by atoms with E-state index in [-0.39, 0.29) is 5.91 Å². The topological polar surface area (TPSA) is 81.2 Å². The van der Waals surface area contributed by atoms with Crippen LogP contribution in [0.25, 0.3) is 16.6 Å². The fraction of sp³-hybridized carbons (Fsp3) is 0.318. The molecule has 3 aromatic rings. The number of hydrogen-bond donors (Lipinski definition) is 1. The fourth-order valence-electron chi connectivity index (χ4n) is 4.12. The molecular weight excluding hydrogens is 432 g/mol. The van der Waals surface area contributed by atoms with Crippen LogP contribution in [0.5, 0.6) is 0 Å². The Labute approximate surface area is 176 Å². The number of nitrogens with two attached hydrogens (primary N) is 1. The number of hydrogen-bond acceptors (Lipinski definition) is 3. The van der Waals surface area contributed by atoms with E-state index in [1.807, 2.05) is 41.3 Å². The molecule has 2 heterocycles. The van der Waals surface area contributed by atoms with E-state index < -0.39 is 5.91 Å². The van der Waals surface area contributed by atoms with E-state index in [4.69, 9.17) is 5.73 Å². The Morgan fingerprint density at radius 1 is 1.21 bits per heavy atom. The molecule has 6 nitrogen and oxygen atoms in total. The highest BCUT2D eigenvalue weighted by atomic mass is 79.9.